The normalized spacial score (nSPS) is 21.2. The molecule has 4 aromatic rings. The van der Waals surface area contributed by atoms with E-state index in [-0.39, 0.29) is 24.3 Å². The molecule has 1 aromatic heterocycles. The SMILES string of the molecule is CN(Cc1ccc(-c2[nH]c3cc(F)cc4c3c2CCNC4=O)cc1)C1CN(C2CN(c3ccc4c(c3)C(=O)N(C3CCC(=O)NC3=O)C4=O)C2)C1. The summed E-state index contributed by atoms with van der Waals surface area (Å²) in [7, 11) is 2.15. The Hall–Kier alpha value is -5.40. The van der Waals surface area contributed by atoms with Crippen molar-refractivity contribution in [2.24, 2.45) is 0 Å². The molecule has 0 aliphatic carbocycles. The van der Waals surface area contributed by atoms with Gasteiger partial charge >= 0.3 is 0 Å². The Bertz CT molecular complexity index is 2170. The Morgan fingerprint density at radius 2 is 1.63 bits per heavy atom. The Morgan fingerprint density at radius 3 is 2.39 bits per heavy atom. The third-order valence-electron chi connectivity index (χ3n) is 11.2. The number of H-pyrrole nitrogens is 1. The zero-order chi connectivity index (χ0) is 35.1. The smallest absolute Gasteiger partial charge is 0.262 e. The number of amides is 5. The van der Waals surface area contributed by atoms with Gasteiger partial charge in [0.2, 0.25) is 11.8 Å². The van der Waals surface area contributed by atoms with Gasteiger partial charge in [-0.1, -0.05) is 24.3 Å². The molecule has 51 heavy (non-hydrogen) atoms. The summed E-state index contributed by atoms with van der Waals surface area (Å²) in [5, 5.41) is 5.91. The predicted octanol–water partition coefficient (Wildman–Crippen LogP) is 2.67. The summed E-state index contributed by atoms with van der Waals surface area (Å²) in [6.45, 7) is 4.89. The minimum Gasteiger partial charge on any atom is -0.368 e. The molecule has 1 unspecified atom stereocenters. The lowest BCUT2D eigenvalue weighted by atomic mass is 9.97. The van der Waals surface area contributed by atoms with Crippen molar-refractivity contribution in [3.05, 3.63) is 88.2 Å². The van der Waals surface area contributed by atoms with Gasteiger partial charge in [0.25, 0.3) is 17.7 Å². The van der Waals surface area contributed by atoms with Gasteiger partial charge in [-0.2, -0.15) is 0 Å². The van der Waals surface area contributed by atoms with Gasteiger partial charge in [0, 0.05) is 80.1 Å². The van der Waals surface area contributed by atoms with E-state index >= 15 is 0 Å². The molecule has 0 saturated carbocycles. The number of nitrogens with one attached hydrogen (secondary N) is 3. The Morgan fingerprint density at radius 1 is 0.863 bits per heavy atom. The van der Waals surface area contributed by atoms with Gasteiger partial charge in [-0.25, -0.2) is 4.39 Å². The summed E-state index contributed by atoms with van der Waals surface area (Å²) < 4.78 is 14.3. The molecule has 5 aliphatic heterocycles. The van der Waals surface area contributed by atoms with E-state index in [0.29, 0.717) is 41.7 Å². The van der Waals surface area contributed by atoms with Crippen LogP contribution in [0.2, 0.25) is 0 Å². The highest BCUT2D eigenvalue weighted by Gasteiger charge is 2.46. The minimum atomic E-state index is -0.973. The van der Waals surface area contributed by atoms with E-state index < -0.39 is 35.5 Å². The number of piperidine rings is 1. The summed E-state index contributed by atoms with van der Waals surface area (Å²) in [5.74, 6) is -2.67. The minimum absolute atomic E-state index is 0.0903. The third kappa shape index (κ3) is 5.21. The van der Waals surface area contributed by atoms with Gasteiger partial charge in [-0.3, -0.25) is 44.0 Å². The molecule has 260 valence electrons. The van der Waals surface area contributed by atoms with Crippen molar-refractivity contribution in [2.75, 3.05) is 44.7 Å². The molecule has 13 heteroatoms. The summed E-state index contributed by atoms with van der Waals surface area (Å²) in [6.07, 6.45) is 0.892. The molecule has 12 nitrogen and oxygen atoms in total. The molecular weight excluding hydrogens is 653 g/mol. The van der Waals surface area contributed by atoms with E-state index in [0.717, 1.165) is 65.5 Å². The van der Waals surface area contributed by atoms with Crippen LogP contribution in [-0.4, -0.2) is 107 Å². The molecule has 1 atom stereocenters. The Labute approximate surface area is 292 Å². The summed E-state index contributed by atoms with van der Waals surface area (Å²) in [5.41, 5.74) is 6.63. The van der Waals surface area contributed by atoms with Crippen molar-refractivity contribution in [2.45, 2.75) is 43.9 Å². The fourth-order valence-electron chi connectivity index (χ4n) is 8.25. The molecule has 3 saturated heterocycles. The zero-order valence-corrected chi connectivity index (χ0v) is 28.0. The maximum absolute atomic E-state index is 14.3. The van der Waals surface area contributed by atoms with Gasteiger partial charge in [0.05, 0.1) is 16.7 Å². The molecule has 6 heterocycles. The van der Waals surface area contributed by atoms with Crippen LogP contribution in [0.3, 0.4) is 0 Å². The largest absolute Gasteiger partial charge is 0.368 e. The van der Waals surface area contributed by atoms with Crippen LogP contribution in [0.25, 0.3) is 22.2 Å². The summed E-state index contributed by atoms with van der Waals surface area (Å²) in [4.78, 5) is 74.2. The van der Waals surface area contributed by atoms with Crippen molar-refractivity contribution < 1.29 is 28.4 Å². The first kappa shape index (κ1) is 31.6. The molecule has 3 aromatic carbocycles. The number of likely N-dealkylation sites (N-methyl/N-ethyl adjacent to an activating group) is 1. The number of imide groups is 2. The highest BCUT2D eigenvalue weighted by Crippen LogP contribution is 2.36. The molecule has 3 fully saturated rings. The number of nitrogens with zero attached hydrogens (tertiary/aromatic N) is 4. The van der Waals surface area contributed by atoms with Crippen LogP contribution in [0.1, 0.15) is 55.0 Å². The Kier molecular flexibility index (Phi) is 7.33. The number of likely N-dealkylation sites (tertiary alicyclic amines) is 1. The van der Waals surface area contributed by atoms with E-state index in [1.165, 1.54) is 17.7 Å². The molecule has 5 amide bonds. The fraction of sp³-hybridized carbons (Fsp3) is 0.342. The second-order valence-electron chi connectivity index (χ2n) is 14.3. The number of hydrogen-bond acceptors (Lipinski definition) is 8. The van der Waals surface area contributed by atoms with Crippen molar-refractivity contribution >= 4 is 46.1 Å². The van der Waals surface area contributed by atoms with Crippen LogP contribution in [-0.2, 0) is 22.6 Å². The first-order valence-electron chi connectivity index (χ1n) is 17.4. The number of carbonyl (C=O) groups is 5. The van der Waals surface area contributed by atoms with Crippen LogP contribution in [0.5, 0.6) is 0 Å². The zero-order valence-electron chi connectivity index (χ0n) is 28.0. The Balaban J connectivity index is 0.793. The number of hydrogen-bond donors (Lipinski definition) is 3. The lowest BCUT2D eigenvalue weighted by Crippen LogP contribution is -2.69. The van der Waals surface area contributed by atoms with Crippen LogP contribution in [0.15, 0.2) is 54.6 Å². The quantitative estimate of drug-likeness (QED) is 0.252. The van der Waals surface area contributed by atoms with E-state index in [9.17, 15) is 28.4 Å². The van der Waals surface area contributed by atoms with Gasteiger partial charge in [-0.15, -0.1) is 0 Å². The molecule has 0 radical (unpaired) electrons. The lowest BCUT2D eigenvalue weighted by Gasteiger charge is -2.54. The topological polar surface area (TPSA) is 138 Å². The van der Waals surface area contributed by atoms with Crippen molar-refractivity contribution in [3.63, 3.8) is 0 Å². The first-order valence-corrected chi connectivity index (χ1v) is 17.4. The van der Waals surface area contributed by atoms with E-state index in [2.05, 4.69) is 61.6 Å². The maximum Gasteiger partial charge on any atom is 0.262 e. The highest BCUT2D eigenvalue weighted by atomic mass is 19.1. The van der Waals surface area contributed by atoms with Gasteiger partial charge < -0.3 is 15.2 Å². The van der Waals surface area contributed by atoms with Gasteiger partial charge in [-0.05, 0) is 66.9 Å². The average Bonchev–Trinajstić information content (AvgIpc) is 3.48. The van der Waals surface area contributed by atoms with Gasteiger partial charge in [0.1, 0.15) is 11.9 Å². The molecule has 3 N–H and O–H groups in total. The number of aromatic amines is 1. The third-order valence-corrected chi connectivity index (χ3v) is 11.2. The monoisotopic (exact) mass is 689 g/mol. The van der Waals surface area contributed by atoms with Crippen LogP contribution in [0.4, 0.5) is 10.1 Å². The van der Waals surface area contributed by atoms with E-state index in [1.54, 1.807) is 12.1 Å². The van der Waals surface area contributed by atoms with Crippen LogP contribution in [0, 0.1) is 5.82 Å². The molecule has 9 rings (SSSR count). The van der Waals surface area contributed by atoms with Crippen LogP contribution >= 0.6 is 0 Å². The summed E-state index contributed by atoms with van der Waals surface area (Å²) >= 11 is 0. The molecular formula is C38H36FN7O5. The number of fused-ring (bicyclic) bond motifs is 1. The van der Waals surface area contributed by atoms with Crippen LogP contribution < -0.4 is 15.5 Å². The fourth-order valence-corrected chi connectivity index (χ4v) is 8.25. The standard InChI is InChI=1S/C38H36FN7O5/c1-43(15-20-2-4-21(5-3-20)34-27-10-11-40-35(48)29-12-22(39)13-30(41-34)33(27)29)24-16-45(17-24)25-18-44(19-25)23-6-7-26-28(14-23)38(51)46(37(26)50)31-8-9-32(47)42-36(31)49/h2-7,12-14,24-25,31,41H,8-11,15-19H2,1H3,(H,40,48)(H,42,47,49). The van der Waals surface area contributed by atoms with E-state index in [1.807, 2.05) is 6.07 Å². The van der Waals surface area contributed by atoms with Crippen molar-refractivity contribution in [3.8, 4) is 11.3 Å². The number of benzene rings is 3. The lowest BCUT2D eigenvalue weighted by molar-refractivity contribution is -0.136. The second kappa shape index (κ2) is 11.8. The maximum atomic E-state index is 14.3. The second-order valence-corrected chi connectivity index (χ2v) is 14.3. The van der Waals surface area contributed by atoms with Gasteiger partial charge in [0.15, 0.2) is 0 Å². The number of halogens is 1. The summed E-state index contributed by atoms with van der Waals surface area (Å²) in [6, 6.07) is 16.3. The average molecular weight is 690 g/mol. The van der Waals surface area contributed by atoms with E-state index in [4.69, 9.17) is 0 Å². The number of anilines is 1. The molecule has 0 spiro atoms. The first-order chi connectivity index (χ1) is 24.6. The molecule has 5 aliphatic rings. The number of carbonyl (C=O) groups excluding carboxylic acids is 5. The number of aromatic nitrogens is 1. The van der Waals surface area contributed by atoms with Crippen molar-refractivity contribution in [1.29, 1.82) is 0 Å². The number of rotatable bonds is 7. The predicted molar refractivity (Wildman–Crippen MR) is 186 cm³/mol. The molecule has 0 bridgehead atoms. The highest BCUT2D eigenvalue weighted by molar-refractivity contribution is 6.23. The van der Waals surface area contributed by atoms with Crippen molar-refractivity contribution in [1.82, 2.24) is 30.3 Å².